The quantitative estimate of drug-likeness (QED) is 0.848. The van der Waals surface area contributed by atoms with Crippen LogP contribution in [0.3, 0.4) is 0 Å². The highest BCUT2D eigenvalue weighted by atomic mass is 32.1. The molecule has 8 heteroatoms. The van der Waals surface area contributed by atoms with Gasteiger partial charge in [0.2, 0.25) is 0 Å². The van der Waals surface area contributed by atoms with Crippen LogP contribution in [0, 0.1) is 0 Å². The summed E-state index contributed by atoms with van der Waals surface area (Å²) in [5.41, 5.74) is 5.50. The lowest BCUT2D eigenvalue weighted by atomic mass is 9.90. The molecule has 1 aromatic rings. The minimum Gasteiger partial charge on any atom is -0.466 e. The smallest absolute Gasteiger partial charge is 0.452 e. The fourth-order valence-electron chi connectivity index (χ4n) is 1.22. The Hall–Kier alpha value is -0.890. The van der Waals surface area contributed by atoms with Gasteiger partial charge in [0.05, 0.1) is 0 Å². The maximum Gasteiger partial charge on any atom is 0.452 e. The average molecular weight is 239 g/mol. The van der Waals surface area contributed by atoms with Crippen molar-refractivity contribution < 1.29 is 17.9 Å². The van der Waals surface area contributed by atoms with Crippen molar-refractivity contribution in [1.29, 1.82) is 0 Å². The first kappa shape index (κ1) is 10.6. The van der Waals surface area contributed by atoms with Crippen LogP contribution in [0.5, 0.6) is 5.19 Å². The van der Waals surface area contributed by atoms with E-state index in [0.29, 0.717) is 24.4 Å². The monoisotopic (exact) mass is 239 g/mol. The zero-order valence-corrected chi connectivity index (χ0v) is 8.31. The van der Waals surface area contributed by atoms with Crippen molar-refractivity contribution in [3.63, 3.8) is 0 Å². The van der Waals surface area contributed by atoms with Crippen molar-refractivity contribution in [3.8, 4) is 5.19 Å². The molecule has 4 nitrogen and oxygen atoms in total. The van der Waals surface area contributed by atoms with Gasteiger partial charge in [-0.25, -0.2) is 0 Å². The highest BCUT2D eigenvalue weighted by Crippen LogP contribution is 2.31. The number of nitrogens with two attached hydrogens (primary N) is 1. The van der Waals surface area contributed by atoms with Crippen LogP contribution < -0.4 is 10.5 Å². The zero-order valence-electron chi connectivity index (χ0n) is 7.49. The van der Waals surface area contributed by atoms with Gasteiger partial charge in [-0.1, -0.05) is 0 Å². The Morgan fingerprint density at radius 1 is 1.40 bits per heavy atom. The molecule has 1 aromatic heterocycles. The Bertz CT molecular complexity index is 347. The van der Waals surface area contributed by atoms with Crippen molar-refractivity contribution in [3.05, 3.63) is 5.82 Å². The second-order valence-electron chi connectivity index (χ2n) is 3.35. The lowest BCUT2D eigenvalue weighted by Gasteiger charge is -2.31. The summed E-state index contributed by atoms with van der Waals surface area (Å²) in [6, 6.07) is 0.0880. The first-order chi connectivity index (χ1) is 6.95. The zero-order chi connectivity index (χ0) is 11.1. The van der Waals surface area contributed by atoms with Crippen LogP contribution in [0.25, 0.3) is 0 Å². The molecule has 1 aliphatic carbocycles. The topological polar surface area (TPSA) is 61.0 Å². The summed E-state index contributed by atoms with van der Waals surface area (Å²) < 4.78 is 44.6. The molecule has 1 fully saturated rings. The second-order valence-corrected chi connectivity index (χ2v) is 4.07. The number of ether oxygens (including phenoxy) is 1. The minimum atomic E-state index is -4.51. The maximum absolute atomic E-state index is 12.1. The summed E-state index contributed by atoms with van der Waals surface area (Å²) >= 11 is 0.611. The minimum absolute atomic E-state index is 0.0424. The van der Waals surface area contributed by atoms with E-state index in [2.05, 4.69) is 9.36 Å². The number of halogens is 3. The Balaban J connectivity index is 1.96. The van der Waals surface area contributed by atoms with Gasteiger partial charge in [-0.2, -0.15) is 22.5 Å². The Kier molecular flexibility index (Phi) is 2.55. The van der Waals surface area contributed by atoms with Gasteiger partial charge in [-0.05, 0) is 12.8 Å². The lowest BCUT2D eigenvalue weighted by molar-refractivity contribution is -0.144. The summed E-state index contributed by atoms with van der Waals surface area (Å²) in [6.07, 6.45) is -3.32. The summed E-state index contributed by atoms with van der Waals surface area (Å²) in [5.74, 6) is -1.15. The molecule has 0 radical (unpaired) electrons. The molecule has 0 spiro atoms. The van der Waals surface area contributed by atoms with E-state index >= 15 is 0 Å². The van der Waals surface area contributed by atoms with Gasteiger partial charge in [0.1, 0.15) is 6.10 Å². The molecule has 1 saturated carbocycles. The summed E-state index contributed by atoms with van der Waals surface area (Å²) in [5, 5.41) is -0.0424. The number of hydrogen-bond acceptors (Lipinski definition) is 5. The van der Waals surface area contributed by atoms with Crippen LogP contribution in [-0.2, 0) is 6.18 Å². The van der Waals surface area contributed by atoms with Crippen molar-refractivity contribution in [1.82, 2.24) is 9.36 Å². The van der Waals surface area contributed by atoms with Gasteiger partial charge in [0, 0.05) is 17.6 Å². The largest absolute Gasteiger partial charge is 0.466 e. The van der Waals surface area contributed by atoms with E-state index < -0.39 is 12.0 Å². The predicted molar refractivity (Wildman–Crippen MR) is 46.5 cm³/mol. The molecule has 84 valence electrons. The van der Waals surface area contributed by atoms with Crippen LogP contribution in [0.15, 0.2) is 0 Å². The van der Waals surface area contributed by atoms with E-state index in [-0.39, 0.29) is 17.3 Å². The van der Waals surface area contributed by atoms with E-state index in [0.717, 1.165) is 0 Å². The third kappa shape index (κ3) is 2.37. The molecule has 0 atom stereocenters. The molecule has 1 aliphatic rings. The van der Waals surface area contributed by atoms with Gasteiger partial charge in [-0.3, -0.25) is 0 Å². The number of alkyl halides is 3. The Morgan fingerprint density at radius 2 is 2.07 bits per heavy atom. The fraction of sp³-hybridized carbons (Fsp3) is 0.714. The van der Waals surface area contributed by atoms with E-state index in [4.69, 9.17) is 10.5 Å². The van der Waals surface area contributed by atoms with E-state index in [1.54, 1.807) is 0 Å². The normalized spacial score (nSPS) is 26.1. The molecule has 0 unspecified atom stereocenters. The standard InChI is InChI=1S/C7H8F3N3OS/c8-7(9,10)5-12-6(15-13-5)14-4-1-3(11)2-4/h3-4H,1-2,11H2. The molecule has 2 N–H and O–H groups in total. The van der Waals surface area contributed by atoms with Crippen molar-refractivity contribution in [2.24, 2.45) is 5.73 Å². The van der Waals surface area contributed by atoms with Gasteiger partial charge in [0.15, 0.2) is 0 Å². The fourth-order valence-corrected chi connectivity index (χ4v) is 1.83. The summed E-state index contributed by atoms with van der Waals surface area (Å²) in [4.78, 5) is 3.25. The third-order valence-electron chi connectivity index (χ3n) is 2.06. The van der Waals surface area contributed by atoms with Crippen LogP contribution in [0.2, 0.25) is 0 Å². The molecule has 0 bridgehead atoms. The molecule has 15 heavy (non-hydrogen) atoms. The average Bonchev–Trinajstić information content (AvgIpc) is 2.49. The second kappa shape index (κ2) is 3.60. The first-order valence-electron chi connectivity index (χ1n) is 4.28. The molecule has 0 saturated heterocycles. The Labute approximate surface area is 87.4 Å². The molecule has 2 rings (SSSR count). The van der Waals surface area contributed by atoms with Gasteiger partial charge >= 0.3 is 6.18 Å². The van der Waals surface area contributed by atoms with E-state index in [9.17, 15) is 13.2 Å². The van der Waals surface area contributed by atoms with Crippen LogP contribution in [0.4, 0.5) is 13.2 Å². The van der Waals surface area contributed by atoms with Crippen molar-refractivity contribution in [2.75, 3.05) is 0 Å². The lowest BCUT2D eigenvalue weighted by Crippen LogP contribution is -2.43. The number of hydrogen-bond donors (Lipinski definition) is 1. The van der Waals surface area contributed by atoms with Gasteiger partial charge in [0.25, 0.3) is 11.0 Å². The molecule has 0 aliphatic heterocycles. The molecular weight excluding hydrogens is 231 g/mol. The molecule has 0 amide bonds. The number of nitrogens with zero attached hydrogens (tertiary/aromatic N) is 2. The van der Waals surface area contributed by atoms with E-state index in [1.165, 1.54) is 0 Å². The highest BCUT2D eigenvalue weighted by Gasteiger charge is 2.37. The molecule has 0 aromatic carbocycles. The third-order valence-corrected chi connectivity index (χ3v) is 2.67. The first-order valence-corrected chi connectivity index (χ1v) is 5.05. The molecule has 1 heterocycles. The maximum atomic E-state index is 12.1. The number of aromatic nitrogens is 2. The summed E-state index contributed by atoms with van der Waals surface area (Å²) in [7, 11) is 0. The Morgan fingerprint density at radius 3 is 2.53 bits per heavy atom. The van der Waals surface area contributed by atoms with Gasteiger partial charge < -0.3 is 10.5 Å². The van der Waals surface area contributed by atoms with Crippen LogP contribution >= 0.6 is 11.5 Å². The van der Waals surface area contributed by atoms with E-state index in [1.807, 2.05) is 0 Å². The highest BCUT2D eigenvalue weighted by molar-refractivity contribution is 7.07. The molecular formula is C7H8F3N3OS. The van der Waals surface area contributed by atoms with Crippen molar-refractivity contribution >= 4 is 11.5 Å². The van der Waals surface area contributed by atoms with Crippen LogP contribution in [-0.4, -0.2) is 21.5 Å². The SMILES string of the molecule is NC1CC(Oc2nc(C(F)(F)F)ns2)C1. The van der Waals surface area contributed by atoms with Crippen molar-refractivity contribution in [2.45, 2.75) is 31.2 Å². The summed E-state index contributed by atoms with van der Waals surface area (Å²) in [6.45, 7) is 0. The predicted octanol–water partition coefficient (Wildman–Crippen LogP) is 1.43. The van der Waals surface area contributed by atoms with Gasteiger partial charge in [-0.15, -0.1) is 0 Å². The van der Waals surface area contributed by atoms with Crippen LogP contribution in [0.1, 0.15) is 18.7 Å². The number of rotatable bonds is 2.